The van der Waals surface area contributed by atoms with Gasteiger partial charge in [-0.1, -0.05) is 33.8 Å². The number of anilines is 2. The zero-order chi connectivity index (χ0) is 18.3. The fourth-order valence-electron chi connectivity index (χ4n) is 3.49. The van der Waals surface area contributed by atoms with Crippen LogP contribution in [-0.4, -0.2) is 24.2 Å². The summed E-state index contributed by atoms with van der Waals surface area (Å²) in [4.78, 5) is 5.21. The van der Waals surface area contributed by atoms with E-state index in [4.69, 9.17) is 0 Å². The molecular formula is C22H40N2. The third kappa shape index (κ3) is 4.91. The molecule has 4 unspecified atom stereocenters. The van der Waals surface area contributed by atoms with Crippen molar-refractivity contribution < 1.29 is 0 Å². The number of nitrogens with zero attached hydrogens (tertiary/aromatic N) is 2. The van der Waals surface area contributed by atoms with Crippen molar-refractivity contribution in [2.24, 2.45) is 0 Å². The van der Waals surface area contributed by atoms with Gasteiger partial charge in [-0.3, -0.25) is 0 Å². The molecule has 0 heterocycles. The Hall–Kier alpha value is -1.18. The quantitative estimate of drug-likeness (QED) is 0.483. The fraction of sp³-hybridized carbons (Fsp3) is 0.727. The Morgan fingerprint density at radius 1 is 0.625 bits per heavy atom. The maximum Gasteiger partial charge on any atom is 0.0391 e. The van der Waals surface area contributed by atoms with Gasteiger partial charge >= 0.3 is 0 Å². The normalized spacial score (nSPS) is 16.3. The Morgan fingerprint density at radius 2 is 0.917 bits per heavy atom. The second kappa shape index (κ2) is 9.96. The molecule has 2 heteroatoms. The summed E-state index contributed by atoms with van der Waals surface area (Å²) in [6, 6.07) is 11.5. The second-order valence-corrected chi connectivity index (χ2v) is 7.36. The number of rotatable bonds is 10. The summed E-state index contributed by atoms with van der Waals surface area (Å²) in [5.74, 6) is 0. The molecular weight excluding hydrogens is 292 g/mol. The van der Waals surface area contributed by atoms with Gasteiger partial charge in [-0.15, -0.1) is 0 Å². The van der Waals surface area contributed by atoms with Crippen LogP contribution in [0.2, 0.25) is 0 Å². The van der Waals surface area contributed by atoms with E-state index < -0.39 is 0 Å². The van der Waals surface area contributed by atoms with Crippen molar-refractivity contribution in [2.75, 3.05) is 9.80 Å². The second-order valence-electron chi connectivity index (χ2n) is 7.36. The standard InChI is InChI=1S/C22H40N2/c1-9-17(5)23(18(6)10-2)21-14-13-15-22(16-21)24(19(7)11-3)20(8)12-4/h13-20H,9-12H2,1-8H3. The van der Waals surface area contributed by atoms with Gasteiger partial charge < -0.3 is 9.80 Å². The highest BCUT2D eigenvalue weighted by Crippen LogP contribution is 2.30. The van der Waals surface area contributed by atoms with Crippen LogP contribution in [-0.2, 0) is 0 Å². The highest BCUT2D eigenvalue weighted by molar-refractivity contribution is 5.61. The lowest BCUT2D eigenvalue weighted by Gasteiger charge is -2.39. The Balaban J connectivity index is 3.26. The number of hydrogen-bond donors (Lipinski definition) is 0. The van der Waals surface area contributed by atoms with Gasteiger partial charge in [0.2, 0.25) is 0 Å². The van der Waals surface area contributed by atoms with Gasteiger partial charge in [0.1, 0.15) is 0 Å². The van der Waals surface area contributed by atoms with Crippen molar-refractivity contribution in [1.29, 1.82) is 0 Å². The van der Waals surface area contributed by atoms with Crippen LogP contribution >= 0.6 is 0 Å². The zero-order valence-corrected chi connectivity index (χ0v) is 17.3. The van der Waals surface area contributed by atoms with Crippen molar-refractivity contribution in [3.63, 3.8) is 0 Å². The molecule has 1 rings (SSSR count). The molecule has 0 aliphatic heterocycles. The summed E-state index contributed by atoms with van der Waals surface area (Å²) in [7, 11) is 0. The smallest absolute Gasteiger partial charge is 0.0391 e. The molecule has 0 aliphatic carbocycles. The van der Waals surface area contributed by atoms with E-state index in [-0.39, 0.29) is 0 Å². The fourth-order valence-corrected chi connectivity index (χ4v) is 3.49. The van der Waals surface area contributed by atoms with Crippen LogP contribution in [0.3, 0.4) is 0 Å². The van der Waals surface area contributed by atoms with Crippen LogP contribution < -0.4 is 9.80 Å². The van der Waals surface area contributed by atoms with E-state index in [0.717, 1.165) is 0 Å². The first-order valence-electron chi connectivity index (χ1n) is 10.1. The van der Waals surface area contributed by atoms with E-state index in [1.54, 1.807) is 0 Å². The zero-order valence-electron chi connectivity index (χ0n) is 17.3. The lowest BCUT2D eigenvalue weighted by atomic mass is 10.1. The van der Waals surface area contributed by atoms with Crippen LogP contribution in [0, 0.1) is 0 Å². The molecule has 0 saturated heterocycles. The van der Waals surface area contributed by atoms with Gasteiger partial charge in [-0.25, -0.2) is 0 Å². The largest absolute Gasteiger partial charge is 0.366 e. The predicted molar refractivity (Wildman–Crippen MR) is 110 cm³/mol. The van der Waals surface area contributed by atoms with Crippen LogP contribution in [0.25, 0.3) is 0 Å². The summed E-state index contributed by atoms with van der Waals surface area (Å²) in [5.41, 5.74) is 2.74. The minimum absolute atomic E-state index is 0.566. The van der Waals surface area contributed by atoms with Gasteiger partial charge in [0, 0.05) is 35.5 Å². The third-order valence-corrected chi connectivity index (χ3v) is 5.69. The van der Waals surface area contributed by atoms with Crippen molar-refractivity contribution in [3.05, 3.63) is 24.3 Å². The molecule has 0 spiro atoms. The average molecular weight is 333 g/mol. The maximum atomic E-state index is 2.61. The first-order chi connectivity index (χ1) is 11.4. The van der Waals surface area contributed by atoms with E-state index >= 15 is 0 Å². The van der Waals surface area contributed by atoms with Crippen LogP contribution in [0.15, 0.2) is 24.3 Å². The summed E-state index contributed by atoms with van der Waals surface area (Å²) in [6.45, 7) is 18.5. The monoisotopic (exact) mass is 332 g/mol. The third-order valence-electron chi connectivity index (χ3n) is 5.69. The molecule has 0 fully saturated rings. The van der Waals surface area contributed by atoms with Crippen LogP contribution in [0.4, 0.5) is 11.4 Å². The molecule has 0 N–H and O–H groups in total. The molecule has 0 aliphatic rings. The highest BCUT2D eigenvalue weighted by atomic mass is 15.2. The van der Waals surface area contributed by atoms with Gasteiger partial charge in [0.15, 0.2) is 0 Å². The minimum Gasteiger partial charge on any atom is -0.366 e. The molecule has 0 aromatic heterocycles. The van der Waals surface area contributed by atoms with Gasteiger partial charge in [-0.2, -0.15) is 0 Å². The van der Waals surface area contributed by atoms with Crippen LogP contribution in [0.1, 0.15) is 81.1 Å². The summed E-state index contributed by atoms with van der Waals surface area (Å²) >= 11 is 0. The van der Waals surface area contributed by atoms with Gasteiger partial charge in [0.25, 0.3) is 0 Å². The van der Waals surface area contributed by atoms with Gasteiger partial charge in [0.05, 0.1) is 0 Å². The summed E-state index contributed by atoms with van der Waals surface area (Å²) in [6.07, 6.45) is 4.70. The minimum atomic E-state index is 0.566. The molecule has 0 bridgehead atoms. The number of benzene rings is 1. The molecule has 24 heavy (non-hydrogen) atoms. The molecule has 0 amide bonds. The van der Waals surface area contributed by atoms with E-state index in [0.29, 0.717) is 24.2 Å². The molecule has 1 aromatic rings. The van der Waals surface area contributed by atoms with E-state index in [2.05, 4.69) is 89.5 Å². The van der Waals surface area contributed by atoms with E-state index in [1.165, 1.54) is 37.1 Å². The van der Waals surface area contributed by atoms with E-state index in [1.807, 2.05) is 0 Å². The van der Waals surface area contributed by atoms with Crippen LogP contribution in [0.5, 0.6) is 0 Å². The lowest BCUT2D eigenvalue weighted by Crippen LogP contribution is -2.41. The molecule has 2 nitrogen and oxygen atoms in total. The van der Waals surface area contributed by atoms with Crippen molar-refractivity contribution in [1.82, 2.24) is 0 Å². The highest BCUT2D eigenvalue weighted by Gasteiger charge is 2.22. The molecule has 138 valence electrons. The molecule has 4 atom stereocenters. The average Bonchev–Trinajstić information content (AvgIpc) is 2.61. The lowest BCUT2D eigenvalue weighted by molar-refractivity contribution is 0.521. The first kappa shape index (κ1) is 20.9. The Labute approximate surface area is 151 Å². The molecule has 1 aromatic carbocycles. The van der Waals surface area contributed by atoms with Gasteiger partial charge in [-0.05, 0) is 71.6 Å². The Morgan fingerprint density at radius 3 is 1.17 bits per heavy atom. The maximum absolute atomic E-state index is 2.61. The van der Waals surface area contributed by atoms with E-state index in [9.17, 15) is 0 Å². The van der Waals surface area contributed by atoms with Crippen molar-refractivity contribution in [2.45, 2.75) is 105 Å². The SMILES string of the molecule is CCC(C)N(c1cccc(N(C(C)CC)C(C)CC)c1)C(C)CC. The van der Waals surface area contributed by atoms with Crippen molar-refractivity contribution in [3.8, 4) is 0 Å². The predicted octanol–water partition coefficient (Wildman–Crippen LogP) is 6.49. The van der Waals surface area contributed by atoms with Crippen molar-refractivity contribution >= 4 is 11.4 Å². The topological polar surface area (TPSA) is 6.48 Å². The first-order valence-corrected chi connectivity index (χ1v) is 10.1. The summed E-state index contributed by atoms with van der Waals surface area (Å²) < 4.78 is 0. The number of hydrogen-bond acceptors (Lipinski definition) is 2. The Kier molecular flexibility index (Phi) is 8.66. The Bertz CT molecular complexity index is 412. The summed E-state index contributed by atoms with van der Waals surface area (Å²) in [5, 5.41) is 0. The molecule has 0 radical (unpaired) electrons. The molecule has 0 saturated carbocycles.